The number of amides is 1. The summed E-state index contributed by atoms with van der Waals surface area (Å²) in [5.41, 5.74) is 2.79. The maximum absolute atomic E-state index is 13.3. The molecule has 8 heteroatoms. The molecule has 3 N–H and O–H groups in total. The lowest BCUT2D eigenvalue weighted by Gasteiger charge is -2.25. The molecule has 0 bridgehead atoms. The van der Waals surface area contributed by atoms with E-state index >= 15 is 0 Å². The Hall–Kier alpha value is -4.72. The Kier molecular flexibility index (Phi) is 6.79. The number of carbonyl (C=O) groups excluding carboxylic acids is 2. The molecule has 3 aromatic carbocycles. The number of H-pyrrole nitrogens is 1. The average Bonchev–Trinajstić information content (AvgIpc) is 3.45. The number of ether oxygens (including phenoxy) is 2. The lowest BCUT2D eigenvalue weighted by atomic mass is 9.95. The molecule has 1 amide bonds. The van der Waals surface area contributed by atoms with E-state index < -0.39 is 17.7 Å². The van der Waals surface area contributed by atoms with Gasteiger partial charge in [0.2, 0.25) is 0 Å². The fourth-order valence-electron chi connectivity index (χ4n) is 4.92. The number of likely N-dealkylation sites (tertiary alicyclic amines) is 1. The van der Waals surface area contributed by atoms with Crippen molar-refractivity contribution >= 4 is 28.4 Å². The number of aliphatic hydroxyl groups is 1. The predicted octanol–water partition coefficient (Wildman–Crippen LogP) is 4.95. The van der Waals surface area contributed by atoms with E-state index in [4.69, 9.17) is 9.47 Å². The lowest BCUT2D eigenvalue weighted by Crippen LogP contribution is -2.31. The number of nitrogens with zero attached hydrogens (tertiary/aromatic N) is 1. The van der Waals surface area contributed by atoms with Crippen LogP contribution < -0.4 is 9.47 Å². The van der Waals surface area contributed by atoms with E-state index in [9.17, 15) is 19.8 Å². The van der Waals surface area contributed by atoms with Crippen LogP contribution in [0.4, 0.5) is 0 Å². The Labute approximate surface area is 219 Å². The second-order valence-electron chi connectivity index (χ2n) is 9.02. The predicted molar refractivity (Wildman–Crippen MR) is 143 cm³/mol. The van der Waals surface area contributed by atoms with Crippen LogP contribution in [0.3, 0.4) is 0 Å². The number of hydrogen-bond acceptors (Lipinski definition) is 6. The standard InChI is InChI=1S/C30H28N2O6/c1-3-38-22-9-7-18(8-10-22)28(34)26-27(19-5-4-6-21(33)15-19)32(30(36)29(26)35)14-13-20-17-31-25-12-11-23(37-2)16-24(20)25/h4-12,15-17,27,31,33-34H,3,13-14H2,1-2H3/t27-/m1/s1. The van der Waals surface area contributed by atoms with Gasteiger partial charge < -0.3 is 29.6 Å². The van der Waals surface area contributed by atoms with Gasteiger partial charge in [-0.3, -0.25) is 9.59 Å². The molecule has 0 aliphatic carbocycles. The highest BCUT2D eigenvalue weighted by atomic mass is 16.5. The number of Topliss-reactive ketones (excluding diaryl/α,β-unsaturated/α-hetero) is 1. The van der Waals surface area contributed by atoms with Crippen molar-refractivity contribution < 1.29 is 29.3 Å². The Morgan fingerprint density at radius 3 is 2.50 bits per heavy atom. The number of ketones is 1. The van der Waals surface area contributed by atoms with Crippen LogP contribution in [0.15, 0.2) is 78.5 Å². The number of aromatic hydroxyl groups is 1. The fraction of sp³-hybridized carbons (Fsp3) is 0.200. The van der Waals surface area contributed by atoms with Crippen LogP contribution in [0.25, 0.3) is 16.7 Å². The van der Waals surface area contributed by atoms with Gasteiger partial charge in [0.05, 0.1) is 25.3 Å². The molecule has 2 heterocycles. The average molecular weight is 513 g/mol. The lowest BCUT2D eigenvalue weighted by molar-refractivity contribution is -0.139. The second kappa shape index (κ2) is 10.3. The third-order valence-electron chi connectivity index (χ3n) is 6.76. The molecule has 1 saturated heterocycles. The molecule has 0 unspecified atom stereocenters. The summed E-state index contributed by atoms with van der Waals surface area (Å²) < 4.78 is 10.8. The minimum absolute atomic E-state index is 0.00196. The topological polar surface area (TPSA) is 112 Å². The van der Waals surface area contributed by atoms with E-state index in [2.05, 4.69) is 4.98 Å². The Balaban J connectivity index is 1.53. The number of carbonyl (C=O) groups is 2. The molecule has 5 rings (SSSR count). The van der Waals surface area contributed by atoms with Gasteiger partial charge in [0.15, 0.2) is 0 Å². The van der Waals surface area contributed by atoms with E-state index in [1.54, 1.807) is 43.5 Å². The van der Waals surface area contributed by atoms with Gasteiger partial charge in [0.1, 0.15) is 23.0 Å². The molecule has 1 aliphatic heterocycles. The van der Waals surface area contributed by atoms with Gasteiger partial charge in [-0.2, -0.15) is 0 Å². The van der Waals surface area contributed by atoms with Crippen molar-refractivity contribution in [1.29, 1.82) is 0 Å². The van der Waals surface area contributed by atoms with Crippen LogP contribution in [0.1, 0.15) is 29.7 Å². The highest BCUT2D eigenvalue weighted by Gasteiger charge is 2.46. The van der Waals surface area contributed by atoms with Crippen LogP contribution >= 0.6 is 0 Å². The number of benzene rings is 3. The van der Waals surface area contributed by atoms with Crippen molar-refractivity contribution in [2.45, 2.75) is 19.4 Å². The van der Waals surface area contributed by atoms with Crippen LogP contribution in [0.2, 0.25) is 0 Å². The number of nitrogens with one attached hydrogen (secondary N) is 1. The van der Waals surface area contributed by atoms with Gasteiger partial charge in [-0.1, -0.05) is 12.1 Å². The van der Waals surface area contributed by atoms with Gasteiger partial charge in [-0.25, -0.2) is 0 Å². The van der Waals surface area contributed by atoms with E-state index in [1.165, 1.54) is 17.0 Å². The zero-order valence-corrected chi connectivity index (χ0v) is 21.1. The maximum Gasteiger partial charge on any atom is 0.295 e. The Morgan fingerprint density at radius 2 is 1.79 bits per heavy atom. The summed E-state index contributed by atoms with van der Waals surface area (Å²) in [6, 6.07) is 17.9. The van der Waals surface area contributed by atoms with Crippen LogP contribution in [0.5, 0.6) is 17.2 Å². The summed E-state index contributed by atoms with van der Waals surface area (Å²) in [5, 5.41) is 22.4. The molecule has 1 aliphatic rings. The van der Waals surface area contributed by atoms with E-state index in [-0.39, 0.29) is 23.6 Å². The molecule has 4 aromatic rings. The summed E-state index contributed by atoms with van der Waals surface area (Å²) in [7, 11) is 1.60. The zero-order chi connectivity index (χ0) is 26.8. The highest BCUT2D eigenvalue weighted by Crippen LogP contribution is 2.40. The van der Waals surface area contributed by atoms with Gasteiger partial charge in [0.25, 0.3) is 11.7 Å². The number of rotatable bonds is 8. The maximum atomic E-state index is 13.3. The van der Waals surface area contributed by atoms with Crippen molar-refractivity contribution in [3.05, 3.63) is 95.2 Å². The molecule has 0 radical (unpaired) electrons. The van der Waals surface area contributed by atoms with Gasteiger partial charge in [-0.05, 0) is 79.1 Å². The number of methoxy groups -OCH3 is 1. The number of aliphatic hydroxyl groups excluding tert-OH is 1. The zero-order valence-electron chi connectivity index (χ0n) is 21.1. The molecule has 1 fully saturated rings. The third-order valence-corrected chi connectivity index (χ3v) is 6.76. The third kappa shape index (κ3) is 4.56. The first-order valence-corrected chi connectivity index (χ1v) is 12.4. The molecule has 8 nitrogen and oxygen atoms in total. The number of hydrogen-bond donors (Lipinski definition) is 3. The van der Waals surface area contributed by atoms with Crippen molar-refractivity contribution in [2.75, 3.05) is 20.3 Å². The Bertz CT molecular complexity index is 1540. The summed E-state index contributed by atoms with van der Waals surface area (Å²) in [5.74, 6) is -0.413. The number of aromatic nitrogens is 1. The monoisotopic (exact) mass is 512 g/mol. The van der Waals surface area contributed by atoms with E-state index in [0.29, 0.717) is 35.7 Å². The highest BCUT2D eigenvalue weighted by molar-refractivity contribution is 6.46. The molecule has 38 heavy (non-hydrogen) atoms. The summed E-state index contributed by atoms with van der Waals surface area (Å²) >= 11 is 0. The normalized spacial score (nSPS) is 16.8. The number of aromatic amines is 1. The smallest absolute Gasteiger partial charge is 0.295 e. The van der Waals surface area contributed by atoms with Crippen molar-refractivity contribution in [1.82, 2.24) is 9.88 Å². The molecule has 0 saturated carbocycles. The summed E-state index contributed by atoms with van der Waals surface area (Å²) in [6.07, 6.45) is 2.34. The van der Waals surface area contributed by atoms with Crippen LogP contribution in [-0.2, 0) is 16.0 Å². The van der Waals surface area contributed by atoms with Crippen molar-refractivity contribution in [2.24, 2.45) is 0 Å². The molecular weight excluding hydrogens is 484 g/mol. The van der Waals surface area contributed by atoms with Gasteiger partial charge in [0, 0.05) is 29.2 Å². The number of phenols is 1. The first kappa shape index (κ1) is 25.0. The first-order valence-electron chi connectivity index (χ1n) is 12.4. The molecule has 1 atom stereocenters. The molecule has 0 spiro atoms. The van der Waals surface area contributed by atoms with Crippen molar-refractivity contribution in [3.8, 4) is 17.2 Å². The summed E-state index contributed by atoms with van der Waals surface area (Å²) in [4.78, 5) is 31.3. The molecular formula is C30H28N2O6. The van der Waals surface area contributed by atoms with Gasteiger partial charge in [-0.15, -0.1) is 0 Å². The van der Waals surface area contributed by atoms with Gasteiger partial charge >= 0.3 is 0 Å². The van der Waals surface area contributed by atoms with E-state index in [0.717, 1.165) is 16.5 Å². The largest absolute Gasteiger partial charge is 0.508 e. The Morgan fingerprint density at radius 1 is 1.03 bits per heavy atom. The summed E-state index contributed by atoms with van der Waals surface area (Å²) in [6.45, 7) is 2.59. The fourth-order valence-corrected chi connectivity index (χ4v) is 4.92. The van der Waals surface area contributed by atoms with E-state index in [1.807, 2.05) is 31.3 Å². The SMILES string of the molecule is CCOc1ccc(C(O)=C2C(=O)C(=O)N(CCc3c[nH]c4ccc(OC)cc34)[C@@H]2c2cccc(O)c2)cc1. The second-order valence-corrected chi connectivity index (χ2v) is 9.02. The van der Waals surface area contributed by atoms with Crippen LogP contribution in [0, 0.1) is 0 Å². The quantitative estimate of drug-likeness (QED) is 0.175. The number of phenolic OH excluding ortho intramolecular Hbond substituents is 1. The minimum atomic E-state index is -0.867. The molecule has 194 valence electrons. The number of fused-ring (bicyclic) bond motifs is 1. The first-order chi connectivity index (χ1) is 18.4. The van der Waals surface area contributed by atoms with Crippen LogP contribution in [-0.4, -0.2) is 52.0 Å². The molecule has 1 aromatic heterocycles. The van der Waals surface area contributed by atoms with Crippen molar-refractivity contribution in [3.63, 3.8) is 0 Å². The minimum Gasteiger partial charge on any atom is -0.508 e.